The summed E-state index contributed by atoms with van der Waals surface area (Å²) in [5.41, 5.74) is 0.0658. The molecule has 1 aliphatic heterocycles. The lowest BCUT2D eigenvalue weighted by molar-refractivity contribution is -0.139. The van der Waals surface area contributed by atoms with Gasteiger partial charge in [-0.1, -0.05) is 13.3 Å². The Kier molecular flexibility index (Phi) is 5.93. The molecule has 2 rings (SSSR count). The molecule has 4 heteroatoms. The molecule has 0 aromatic heterocycles. The van der Waals surface area contributed by atoms with Crippen molar-refractivity contribution in [1.29, 1.82) is 0 Å². The molecule has 1 N–H and O–H groups in total. The monoisotopic (exact) mass is 274 g/mol. The first kappa shape index (κ1) is 15.8. The Morgan fingerprint density at radius 1 is 1.44 bits per heavy atom. The van der Waals surface area contributed by atoms with Crippen molar-refractivity contribution in [1.82, 2.24) is 10.2 Å². The average Bonchev–Trinajstić information content (AvgIpc) is 3.10. The Balaban J connectivity index is 0.00000162. The van der Waals surface area contributed by atoms with Crippen LogP contribution in [0, 0.1) is 11.3 Å². The van der Waals surface area contributed by atoms with Gasteiger partial charge in [0.15, 0.2) is 0 Å². The van der Waals surface area contributed by atoms with Crippen molar-refractivity contribution in [2.75, 3.05) is 26.7 Å². The van der Waals surface area contributed by atoms with Crippen LogP contribution in [0.2, 0.25) is 0 Å². The summed E-state index contributed by atoms with van der Waals surface area (Å²) in [6, 6.07) is 0. The fourth-order valence-corrected chi connectivity index (χ4v) is 3.24. The molecule has 1 saturated heterocycles. The number of halogens is 1. The normalized spacial score (nSPS) is 25.4. The summed E-state index contributed by atoms with van der Waals surface area (Å²) in [6.07, 6.45) is 6.95. The molecule has 3 nitrogen and oxygen atoms in total. The van der Waals surface area contributed by atoms with E-state index in [1.807, 2.05) is 7.05 Å². The van der Waals surface area contributed by atoms with E-state index in [1.165, 1.54) is 12.8 Å². The molecular weight excluding hydrogens is 248 g/mol. The second kappa shape index (κ2) is 6.76. The minimum atomic E-state index is 0. The summed E-state index contributed by atoms with van der Waals surface area (Å²) < 4.78 is 0. The maximum atomic E-state index is 12.5. The van der Waals surface area contributed by atoms with Gasteiger partial charge in [-0.2, -0.15) is 0 Å². The maximum Gasteiger partial charge on any atom is 0.228 e. The lowest BCUT2D eigenvalue weighted by atomic mass is 9.93. The number of nitrogens with one attached hydrogen (secondary N) is 1. The van der Waals surface area contributed by atoms with Crippen LogP contribution in [0.3, 0.4) is 0 Å². The number of rotatable bonds is 5. The SMILES string of the molecule is CCCC1(C(=O)N2CCCC(CNC)C2)CC1.Cl. The Bertz CT molecular complexity index is 277. The second-order valence-electron chi connectivity index (χ2n) is 5.85. The number of carbonyl (C=O) groups excluding carboxylic acids is 1. The molecule has 0 aromatic carbocycles. The topological polar surface area (TPSA) is 32.3 Å². The summed E-state index contributed by atoms with van der Waals surface area (Å²) in [6.45, 7) is 5.20. The van der Waals surface area contributed by atoms with Gasteiger partial charge >= 0.3 is 0 Å². The molecule has 2 fully saturated rings. The predicted molar refractivity (Wildman–Crippen MR) is 77.1 cm³/mol. The zero-order valence-corrected chi connectivity index (χ0v) is 12.5. The van der Waals surface area contributed by atoms with Crippen molar-refractivity contribution < 1.29 is 4.79 Å². The van der Waals surface area contributed by atoms with Crippen LogP contribution in [0.5, 0.6) is 0 Å². The number of nitrogens with zero attached hydrogens (tertiary/aromatic N) is 1. The van der Waals surface area contributed by atoms with Gasteiger partial charge in [-0.15, -0.1) is 12.4 Å². The summed E-state index contributed by atoms with van der Waals surface area (Å²) in [5.74, 6) is 1.12. The molecule has 1 unspecified atom stereocenters. The van der Waals surface area contributed by atoms with Crippen LogP contribution in [0.15, 0.2) is 0 Å². The third-order valence-corrected chi connectivity index (χ3v) is 4.33. The van der Waals surface area contributed by atoms with Gasteiger partial charge in [0.1, 0.15) is 0 Å². The van der Waals surface area contributed by atoms with E-state index in [1.54, 1.807) is 0 Å². The van der Waals surface area contributed by atoms with Crippen LogP contribution in [0.25, 0.3) is 0 Å². The van der Waals surface area contributed by atoms with E-state index in [-0.39, 0.29) is 17.8 Å². The van der Waals surface area contributed by atoms with Gasteiger partial charge in [0.25, 0.3) is 0 Å². The quantitative estimate of drug-likeness (QED) is 0.835. The van der Waals surface area contributed by atoms with Crippen LogP contribution < -0.4 is 5.32 Å². The highest BCUT2D eigenvalue weighted by molar-refractivity contribution is 5.85. The van der Waals surface area contributed by atoms with Crippen molar-refractivity contribution in [2.24, 2.45) is 11.3 Å². The summed E-state index contributed by atoms with van der Waals surface area (Å²) in [7, 11) is 2.00. The predicted octanol–water partition coefficient (Wildman–Crippen LogP) is 2.45. The molecule has 1 atom stereocenters. The Morgan fingerprint density at radius 3 is 2.72 bits per heavy atom. The molecule has 0 spiro atoms. The Hall–Kier alpha value is -0.280. The first-order chi connectivity index (χ1) is 8.22. The van der Waals surface area contributed by atoms with E-state index < -0.39 is 0 Å². The molecule has 106 valence electrons. The summed E-state index contributed by atoms with van der Waals surface area (Å²) in [5, 5.41) is 3.24. The van der Waals surface area contributed by atoms with Crippen LogP contribution in [0.1, 0.15) is 45.4 Å². The first-order valence-corrected chi connectivity index (χ1v) is 7.16. The minimum absolute atomic E-state index is 0. The fourth-order valence-electron chi connectivity index (χ4n) is 3.24. The zero-order valence-electron chi connectivity index (χ0n) is 11.7. The van der Waals surface area contributed by atoms with E-state index in [2.05, 4.69) is 17.1 Å². The van der Waals surface area contributed by atoms with Gasteiger partial charge < -0.3 is 10.2 Å². The first-order valence-electron chi connectivity index (χ1n) is 7.16. The molecular formula is C14H27ClN2O. The molecule has 0 bridgehead atoms. The van der Waals surface area contributed by atoms with Crippen molar-refractivity contribution in [3.8, 4) is 0 Å². The highest BCUT2D eigenvalue weighted by Gasteiger charge is 2.50. The minimum Gasteiger partial charge on any atom is -0.342 e. The highest BCUT2D eigenvalue weighted by Crippen LogP contribution is 2.51. The lowest BCUT2D eigenvalue weighted by Crippen LogP contribution is -2.45. The number of carbonyl (C=O) groups is 1. The van der Waals surface area contributed by atoms with Crippen LogP contribution in [0.4, 0.5) is 0 Å². The largest absolute Gasteiger partial charge is 0.342 e. The summed E-state index contributed by atoms with van der Waals surface area (Å²) in [4.78, 5) is 14.7. The maximum absolute atomic E-state index is 12.5. The van der Waals surface area contributed by atoms with Gasteiger partial charge in [-0.05, 0) is 51.6 Å². The number of hydrogen-bond acceptors (Lipinski definition) is 2. The van der Waals surface area contributed by atoms with Gasteiger partial charge in [0.2, 0.25) is 5.91 Å². The van der Waals surface area contributed by atoms with E-state index in [0.717, 1.165) is 45.3 Å². The van der Waals surface area contributed by atoms with E-state index in [4.69, 9.17) is 0 Å². The number of hydrogen-bond donors (Lipinski definition) is 1. The van der Waals surface area contributed by atoms with Gasteiger partial charge in [-0.25, -0.2) is 0 Å². The van der Waals surface area contributed by atoms with Crippen molar-refractivity contribution >= 4 is 18.3 Å². The average molecular weight is 275 g/mol. The Morgan fingerprint density at radius 2 is 2.17 bits per heavy atom. The smallest absolute Gasteiger partial charge is 0.228 e. The van der Waals surface area contributed by atoms with Crippen molar-refractivity contribution in [3.63, 3.8) is 0 Å². The molecule has 1 heterocycles. The zero-order chi connectivity index (χ0) is 12.3. The molecule has 0 aromatic rings. The van der Waals surface area contributed by atoms with Crippen LogP contribution in [-0.2, 0) is 4.79 Å². The van der Waals surface area contributed by atoms with Gasteiger partial charge in [-0.3, -0.25) is 4.79 Å². The fraction of sp³-hybridized carbons (Fsp3) is 0.929. The van der Waals surface area contributed by atoms with Crippen molar-refractivity contribution in [3.05, 3.63) is 0 Å². The van der Waals surface area contributed by atoms with Crippen LogP contribution >= 0.6 is 12.4 Å². The van der Waals surface area contributed by atoms with Crippen molar-refractivity contribution in [2.45, 2.75) is 45.4 Å². The number of amides is 1. The second-order valence-corrected chi connectivity index (χ2v) is 5.85. The number of piperidine rings is 1. The Labute approximate surface area is 117 Å². The summed E-state index contributed by atoms with van der Waals surface area (Å²) >= 11 is 0. The molecule has 1 saturated carbocycles. The molecule has 0 radical (unpaired) electrons. The molecule has 1 amide bonds. The van der Waals surface area contributed by atoms with E-state index in [9.17, 15) is 4.79 Å². The molecule has 1 aliphatic carbocycles. The third-order valence-electron chi connectivity index (χ3n) is 4.33. The van der Waals surface area contributed by atoms with E-state index in [0.29, 0.717) is 11.8 Å². The van der Waals surface area contributed by atoms with E-state index >= 15 is 0 Å². The van der Waals surface area contributed by atoms with Gasteiger partial charge in [0.05, 0.1) is 0 Å². The molecule has 2 aliphatic rings. The third kappa shape index (κ3) is 3.39. The lowest BCUT2D eigenvalue weighted by Gasteiger charge is -2.35. The standard InChI is InChI=1S/C14H26N2O.ClH/c1-3-6-14(7-8-14)13(17)16-9-4-5-12(11-16)10-15-2;/h12,15H,3-11H2,1-2H3;1H. The van der Waals surface area contributed by atoms with Crippen LogP contribution in [-0.4, -0.2) is 37.5 Å². The number of likely N-dealkylation sites (tertiary alicyclic amines) is 1. The molecule has 18 heavy (non-hydrogen) atoms. The highest BCUT2D eigenvalue weighted by atomic mass is 35.5. The van der Waals surface area contributed by atoms with Gasteiger partial charge in [0, 0.05) is 18.5 Å².